The molecule has 1 amide bonds. The van der Waals surface area contributed by atoms with Crippen LogP contribution in [0.4, 0.5) is 5.69 Å². The molecule has 6 nitrogen and oxygen atoms in total. The molecule has 27 heavy (non-hydrogen) atoms. The second-order valence-electron chi connectivity index (χ2n) is 5.93. The number of thiocarbonyl (C=S) groups is 1. The third-order valence-corrected chi connectivity index (χ3v) is 4.16. The van der Waals surface area contributed by atoms with E-state index in [1.54, 1.807) is 38.3 Å². The molecule has 2 rings (SSSR count). The van der Waals surface area contributed by atoms with E-state index in [0.717, 1.165) is 22.6 Å². The van der Waals surface area contributed by atoms with Gasteiger partial charge in [-0.3, -0.25) is 15.6 Å². The lowest BCUT2D eigenvalue weighted by Gasteiger charge is -2.19. The largest absolute Gasteiger partial charge is 0.497 e. The molecule has 0 fully saturated rings. The van der Waals surface area contributed by atoms with Gasteiger partial charge in [0.1, 0.15) is 11.5 Å². The number of benzene rings is 2. The van der Waals surface area contributed by atoms with Crippen molar-refractivity contribution in [2.45, 2.75) is 26.9 Å². The van der Waals surface area contributed by atoms with Crippen LogP contribution < -0.4 is 25.6 Å². The van der Waals surface area contributed by atoms with E-state index in [1.807, 2.05) is 26.0 Å². The Hall–Kier alpha value is -2.51. The Kier molecular flexibility index (Phi) is 7.27. The Morgan fingerprint density at radius 3 is 2.26 bits per heavy atom. The topological polar surface area (TPSA) is 71.6 Å². The smallest absolute Gasteiger partial charge is 0.279 e. The van der Waals surface area contributed by atoms with Crippen LogP contribution in [0.15, 0.2) is 36.4 Å². The first-order valence-corrected chi connectivity index (χ1v) is 9.03. The molecule has 0 aromatic heterocycles. The second-order valence-corrected chi connectivity index (χ2v) is 6.77. The van der Waals surface area contributed by atoms with Crippen LogP contribution in [-0.2, 0) is 4.79 Å². The fourth-order valence-corrected chi connectivity index (χ4v) is 2.87. The molecule has 0 radical (unpaired) electrons. The van der Waals surface area contributed by atoms with Gasteiger partial charge in [-0.25, -0.2) is 0 Å². The van der Waals surface area contributed by atoms with Gasteiger partial charge in [-0.15, -0.1) is 0 Å². The number of anilines is 1. The predicted octanol–water partition coefficient (Wildman–Crippen LogP) is 3.75. The lowest BCUT2D eigenvalue weighted by molar-refractivity contribution is -0.127. The maximum atomic E-state index is 12.2. The average Bonchev–Trinajstić information content (AvgIpc) is 2.63. The van der Waals surface area contributed by atoms with Crippen LogP contribution in [0.25, 0.3) is 0 Å². The van der Waals surface area contributed by atoms with E-state index in [-0.39, 0.29) is 11.0 Å². The van der Waals surface area contributed by atoms with E-state index in [9.17, 15) is 4.79 Å². The SMILES string of the molecule is COc1ccc(NC(=S)NNC(=O)[C@H](C)Oc2c(C)cc(Cl)cc2C)cc1. The molecule has 0 unspecified atom stereocenters. The summed E-state index contributed by atoms with van der Waals surface area (Å²) in [6, 6.07) is 10.8. The Bertz CT molecular complexity index is 804. The molecule has 0 aliphatic rings. The van der Waals surface area contributed by atoms with Crippen LogP contribution in [0.2, 0.25) is 5.02 Å². The Morgan fingerprint density at radius 1 is 1.11 bits per heavy atom. The van der Waals surface area contributed by atoms with Gasteiger partial charge in [-0.2, -0.15) is 0 Å². The van der Waals surface area contributed by atoms with Crippen molar-refractivity contribution in [1.82, 2.24) is 10.9 Å². The molecule has 2 aromatic rings. The van der Waals surface area contributed by atoms with Crippen LogP contribution in [0, 0.1) is 13.8 Å². The summed E-state index contributed by atoms with van der Waals surface area (Å²) in [4.78, 5) is 12.2. The van der Waals surface area contributed by atoms with Crippen molar-refractivity contribution in [1.29, 1.82) is 0 Å². The highest BCUT2D eigenvalue weighted by Crippen LogP contribution is 2.27. The van der Waals surface area contributed by atoms with E-state index in [2.05, 4.69) is 16.2 Å². The quantitative estimate of drug-likeness (QED) is 0.518. The molecule has 0 heterocycles. The molecule has 0 bridgehead atoms. The Morgan fingerprint density at radius 2 is 1.70 bits per heavy atom. The highest BCUT2D eigenvalue weighted by atomic mass is 35.5. The summed E-state index contributed by atoms with van der Waals surface area (Å²) in [6.07, 6.45) is -0.722. The highest BCUT2D eigenvalue weighted by Gasteiger charge is 2.17. The minimum atomic E-state index is -0.722. The zero-order valence-electron chi connectivity index (χ0n) is 15.6. The molecule has 0 spiro atoms. The van der Waals surface area contributed by atoms with Crippen molar-refractivity contribution in [3.8, 4) is 11.5 Å². The molecular weight excluding hydrogens is 386 g/mol. The van der Waals surface area contributed by atoms with Gasteiger partial charge in [0.15, 0.2) is 11.2 Å². The lowest BCUT2D eigenvalue weighted by Crippen LogP contribution is -2.48. The van der Waals surface area contributed by atoms with Crippen LogP contribution in [0.1, 0.15) is 18.1 Å². The number of rotatable bonds is 5. The third kappa shape index (κ3) is 6.01. The predicted molar refractivity (Wildman–Crippen MR) is 112 cm³/mol. The first-order valence-electron chi connectivity index (χ1n) is 8.24. The van der Waals surface area contributed by atoms with Crippen molar-refractivity contribution in [3.63, 3.8) is 0 Å². The number of carbonyl (C=O) groups excluding carboxylic acids is 1. The van der Waals surface area contributed by atoms with Gasteiger partial charge in [0, 0.05) is 10.7 Å². The van der Waals surface area contributed by atoms with Crippen LogP contribution in [0.3, 0.4) is 0 Å². The second kappa shape index (κ2) is 9.43. The summed E-state index contributed by atoms with van der Waals surface area (Å²) in [5.41, 5.74) is 7.67. The number of hydrazine groups is 1. The Balaban J connectivity index is 1.86. The number of hydrogen-bond acceptors (Lipinski definition) is 4. The molecule has 1 atom stereocenters. The molecular formula is C19H22ClN3O3S. The molecule has 0 aliphatic carbocycles. The van der Waals surface area contributed by atoms with Gasteiger partial charge in [-0.05, 0) is 80.5 Å². The minimum absolute atomic E-state index is 0.250. The zero-order valence-corrected chi connectivity index (χ0v) is 17.1. The molecule has 8 heteroatoms. The van der Waals surface area contributed by atoms with E-state index >= 15 is 0 Å². The minimum Gasteiger partial charge on any atom is -0.497 e. The molecule has 0 aliphatic heterocycles. The molecule has 0 saturated heterocycles. The standard InChI is InChI=1S/C19H22ClN3O3S/c1-11-9-14(20)10-12(2)17(11)26-13(3)18(24)22-23-19(27)21-15-5-7-16(25-4)8-6-15/h5-10,13H,1-4H3,(H,22,24)(H2,21,23,27)/t13-/m0/s1. The summed E-state index contributed by atoms with van der Waals surface area (Å²) in [5.74, 6) is 1.02. The number of carbonyl (C=O) groups is 1. The van der Waals surface area contributed by atoms with E-state index in [0.29, 0.717) is 10.8 Å². The number of amides is 1. The molecule has 3 N–H and O–H groups in total. The normalized spacial score (nSPS) is 11.3. The molecule has 2 aromatic carbocycles. The first kappa shape index (κ1) is 20.8. The fraction of sp³-hybridized carbons (Fsp3) is 0.263. The fourth-order valence-electron chi connectivity index (χ4n) is 2.37. The third-order valence-electron chi connectivity index (χ3n) is 3.74. The van der Waals surface area contributed by atoms with E-state index < -0.39 is 6.10 Å². The number of aryl methyl sites for hydroxylation is 2. The maximum Gasteiger partial charge on any atom is 0.279 e. The lowest BCUT2D eigenvalue weighted by atomic mass is 10.1. The van der Waals surface area contributed by atoms with Crippen molar-refractivity contribution in [2.75, 3.05) is 12.4 Å². The maximum absolute atomic E-state index is 12.2. The number of ether oxygens (including phenoxy) is 2. The van der Waals surface area contributed by atoms with Crippen molar-refractivity contribution >= 4 is 40.5 Å². The summed E-state index contributed by atoms with van der Waals surface area (Å²) in [7, 11) is 1.60. The van der Waals surface area contributed by atoms with E-state index in [1.165, 1.54) is 0 Å². The summed E-state index contributed by atoms with van der Waals surface area (Å²) in [5, 5.41) is 3.84. The van der Waals surface area contributed by atoms with Crippen molar-refractivity contribution < 1.29 is 14.3 Å². The number of halogens is 1. The molecule has 144 valence electrons. The number of methoxy groups -OCH3 is 1. The summed E-state index contributed by atoms with van der Waals surface area (Å²) in [6.45, 7) is 5.42. The first-order chi connectivity index (χ1) is 12.8. The van der Waals surface area contributed by atoms with Crippen LogP contribution in [0.5, 0.6) is 11.5 Å². The summed E-state index contributed by atoms with van der Waals surface area (Å²) >= 11 is 11.2. The van der Waals surface area contributed by atoms with E-state index in [4.69, 9.17) is 33.3 Å². The monoisotopic (exact) mass is 407 g/mol. The van der Waals surface area contributed by atoms with Gasteiger partial charge in [-0.1, -0.05) is 11.6 Å². The Labute approximate surface area is 169 Å². The van der Waals surface area contributed by atoms with Crippen molar-refractivity contribution in [2.24, 2.45) is 0 Å². The molecule has 0 saturated carbocycles. The van der Waals surface area contributed by atoms with Gasteiger partial charge >= 0.3 is 0 Å². The zero-order chi connectivity index (χ0) is 20.0. The van der Waals surface area contributed by atoms with Gasteiger partial charge in [0.2, 0.25) is 0 Å². The van der Waals surface area contributed by atoms with Crippen LogP contribution >= 0.6 is 23.8 Å². The number of nitrogens with one attached hydrogen (secondary N) is 3. The van der Waals surface area contributed by atoms with Gasteiger partial charge < -0.3 is 14.8 Å². The van der Waals surface area contributed by atoms with Gasteiger partial charge in [0.05, 0.1) is 7.11 Å². The summed E-state index contributed by atoms with van der Waals surface area (Å²) < 4.78 is 10.9. The van der Waals surface area contributed by atoms with Gasteiger partial charge in [0.25, 0.3) is 5.91 Å². The van der Waals surface area contributed by atoms with Crippen molar-refractivity contribution in [3.05, 3.63) is 52.5 Å². The highest BCUT2D eigenvalue weighted by molar-refractivity contribution is 7.80. The number of hydrogen-bond donors (Lipinski definition) is 3. The average molecular weight is 408 g/mol. The van der Waals surface area contributed by atoms with Crippen LogP contribution in [-0.4, -0.2) is 24.2 Å².